The van der Waals surface area contributed by atoms with E-state index >= 15 is 0 Å². The molecule has 0 nitrogen and oxygen atoms in total. The third kappa shape index (κ3) is 4.04. The Balaban J connectivity index is 0. The standard InChI is InChI=1S/C6H3BrCl.ClH.Mg/c7-5-3-1-2-4-6(5)8;;/h2-4H;1H;/q-1;;+2/p-1. The van der Waals surface area contributed by atoms with Gasteiger partial charge in [0, 0.05) is 0 Å². The van der Waals surface area contributed by atoms with Crippen LogP contribution in [0.25, 0.3) is 0 Å². The fraction of sp³-hybridized carbons (Fsp3) is 0. The molecule has 0 spiro atoms. The van der Waals surface area contributed by atoms with Gasteiger partial charge in [0.2, 0.25) is 0 Å². The number of hydrogen-bond donors (Lipinski definition) is 0. The van der Waals surface area contributed by atoms with E-state index < -0.39 is 0 Å². The third-order valence-electron chi connectivity index (χ3n) is 0.764. The Morgan fingerprint density at radius 1 is 1.50 bits per heavy atom. The fourth-order valence-corrected chi connectivity index (χ4v) is 0.773. The van der Waals surface area contributed by atoms with Gasteiger partial charge in [0.15, 0.2) is 0 Å². The Bertz CT molecular complexity index is 172. The normalized spacial score (nSPS) is 7.40. The van der Waals surface area contributed by atoms with Gasteiger partial charge >= 0.3 is 23.1 Å². The molecule has 0 N–H and O–H groups in total. The van der Waals surface area contributed by atoms with E-state index in [1.165, 1.54) is 0 Å². The van der Waals surface area contributed by atoms with Crippen LogP contribution in [0.4, 0.5) is 0 Å². The summed E-state index contributed by atoms with van der Waals surface area (Å²) < 4.78 is 0.890. The maximum Gasteiger partial charge on any atom is 2.00 e. The number of halogens is 3. The monoisotopic (exact) mass is 248 g/mol. The SMILES string of the molecule is Clc1cc[c-]cc1Br.[Cl-].[Mg+2]. The van der Waals surface area contributed by atoms with Crippen molar-refractivity contribution in [3.63, 3.8) is 0 Å². The van der Waals surface area contributed by atoms with Crippen molar-refractivity contribution < 1.29 is 12.4 Å². The first-order valence-corrected chi connectivity index (χ1v) is 3.29. The summed E-state index contributed by atoms with van der Waals surface area (Å²) in [4.78, 5) is 0. The van der Waals surface area contributed by atoms with E-state index in [9.17, 15) is 0 Å². The Morgan fingerprint density at radius 2 is 2.10 bits per heavy atom. The molecule has 0 aliphatic carbocycles. The molecule has 1 aromatic carbocycles. The molecule has 0 aliphatic heterocycles. The minimum atomic E-state index is 0. The zero-order valence-electron chi connectivity index (χ0n) is 5.07. The summed E-state index contributed by atoms with van der Waals surface area (Å²) in [5, 5.41) is 0.726. The predicted octanol–water partition coefficient (Wildman–Crippen LogP) is -0.474. The summed E-state index contributed by atoms with van der Waals surface area (Å²) in [5.41, 5.74) is 0. The van der Waals surface area contributed by atoms with Crippen molar-refractivity contribution in [3.8, 4) is 0 Å². The van der Waals surface area contributed by atoms with Crippen LogP contribution in [0.15, 0.2) is 22.7 Å². The average molecular weight is 250 g/mol. The summed E-state index contributed by atoms with van der Waals surface area (Å²) in [6.07, 6.45) is 0. The average Bonchev–Trinajstić information content (AvgIpc) is 1.77. The molecule has 0 saturated heterocycles. The van der Waals surface area contributed by atoms with Gasteiger partial charge in [0.25, 0.3) is 0 Å². The molecule has 50 valence electrons. The van der Waals surface area contributed by atoms with Crippen LogP contribution in [-0.4, -0.2) is 23.1 Å². The molecule has 0 amide bonds. The quantitative estimate of drug-likeness (QED) is 0.431. The molecule has 1 rings (SSSR count). The largest absolute Gasteiger partial charge is 2.00 e. The minimum Gasteiger partial charge on any atom is -1.00 e. The van der Waals surface area contributed by atoms with Gasteiger partial charge in [-0.2, -0.15) is 24.3 Å². The summed E-state index contributed by atoms with van der Waals surface area (Å²) in [6, 6.07) is 8.20. The number of rotatable bonds is 0. The molecule has 0 radical (unpaired) electrons. The van der Waals surface area contributed by atoms with Gasteiger partial charge in [-0.05, 0) is 0 Å². The molecule has 0 fully saturated rings. The van der Waals surface area contributed by atoms with Gasteiger partial charge < -0.3 is 12.4 Å². The van der Waals surface area contributed by atoms with Crippen molar-refractivity contribution in [3.05, 3.63) is 33.8 Å². The zero-order valence-corrected chi connectivity index (χ0v) is 9.59. The first kappa shape index (κ1) is 13.6. The number of benzene rings is 1. The van der Waals surface area contributed by atoms with Gasteiger partial charge in [-0.15, -0.1) is 27.5 Å². The van der Waals surface area contributed by atoms with Gasteiger partial charge in [0.05, 0.1) is 0 Å². The second kappa shape index (κ2) is 6.74. The van der Waals surface area contributed by atoms with E-state index in [4.69, 9.17) is 11.6 Å². The second-order valence-electron chi connectivity index (χ2n) is 1.34. The van der Waals surface area contributed by atoms with E-state index in [1.54, 1.807) is 18.2 Å². The van der Waals surface area contributed by atoms with E-state index in [-0.39, 0.29) is 35.5 Å². The summed E-state index contributed by atoms with van der Waals surface area (Å²) in [6.45, 7) is 0. The van der Waals surface area contributed by atoms with Gasteiger partial charge in [-0.25, -0.2) is 0 Å². The van der Waals surface area contributed by atoms with Gasteiger partial charge in [-0.1, -0.05) is 9.50 Å². The van der Waals surface area contributed by atoms with Crippen LogP contribution in [0.5, 0.6) is 0 Å². The molecule has 0 heterocycles. The first-order chi connectivity index (χ1) is 3.80. The van der Waals surface area contributed by atoms with Crippen molar-refractivity contribution in [2.45, 2.75) is 0 Å². The molecule has 0 aliphatic rings. The van der Waals surface area contributed by atoms with Crippen LogP contribution in [0.2, 0.25) is 5.02 Å². The van der Waals surface area contributed by atoms with Crippen LogP contribution in [0.1, 0.15) is 0 Å². The van der Waals surface area contributed by atoms with Crippen LogP contribution in [0, 0.1) is 6.07 Å². The van der Waals surface area contributed by atoms with Crippen LogP contribution in [-0.2, 0) is 0 Å². The summed E-state index contributed by atoms with van der Waals surface area (Å²) in [5.74, 6) is 0. The van der Waals surface area contributed by atoms with E-state index in [0.29, 0.717) is 0 Å². The molecule has 0 aromatic heterocycles. The fourth-order valence-electron chi connectivity index (χ4n) is 0.391. The Morgan fingerprint density at radius 3 is 2.40 bits per heavy atom. The summed E-state index contributed by atoms with van der Waals surface area (Å²) >= 11 is 8.87. The Labute approximate surface area is 96.0 Å². The van der Waals surface area contributed by atoms with Crippen molar-refractivity contribution in [1.29, 1.82) is 0 Å². The Hall–Kier alpha value is 1.05. The molecule has 0 atom stereocenters. The molecule has 10 heavy (non-hydrogen) atoms. The zero-order chi connectivity index (χ0) is 5.98. The van der Waals surface area contributed by atoms with Crippen molar-refractivity contribution in [2.75, 3.05) is 0 Å². The first-order valence-electron chi connectivity index (χ1n) is 2.12. The van der Waals surface area contributed by atoms with Crippen LogP contribution < -0.4 is 12.4 Å². The summed E-state index contributed by atoms with van der Waals surface area (Å²) in [7, 11) is 0. The van der Waals surface area contributed by atoms with E-state index in [2.05, 4.69) is 22.0 Å². The molecule has 4 heteroatoms. The van der Waals surface area contributed by atoms with Crippen molar-refractivity contribution >= 4 is 50.6 Å². The minimum absolute atomic E-state index is 0. The third-order valence-corrected chi connectivity index (χ3v) is 1.98. The van der Waals surface area contributed by atoms with E-state index in [0.717, 1.165) is 9.50 Å². The van der Waals surface area contributed by atoms with E-state index in [1.807, 2.05) is 0 Å². The molecule has 1 aromatic rings. The predicted molar refractivity (Wildman–Crippen MR) is 43.7 cm³/mol. The van der Waals surface area contributed by atoms with Gasteiger partial charge in [0.1, 0.15) is 0 Å². The second-order valence-corrected chi connectivity index (χ2v) is 2.60. The maximum atomic E-state index is 5.64. The van der Waals surface area contributed by atoms with Crippen LogP contribution in [0.3, 0.4) is 0 Å². The molecule has 0 unspecified atom stereocenters. The Kier molecular flexibility index (Phi) is 9.18. The maximum absolute atomic E-state index is 5.64. The topological polar surface area (TPSA) is 0 Å². The van der Waals surface area contributed by atoms with Crippen molar-refractivity contribution in [2.24, 2.45) is 0 Å². The molecule has 0 bridgehead atoms. The van der Waals surface area contributed by atoms with Gasteiger partial charge in [-0.3, -0.25) is 0 Å². The smallest absolute Gasteiger partial charge is 1.00 e. The van der Waals surface area contributed by atoms with Crippen LogP contribution >= 0.6 is 27.5 Å². The molecular formula is C6H3BrCl2Mg. The number of hydrogen-bond acceptors (Lipinski definition) is 0. The molecular weight excluding hydrogens is 247 g/mol. The van der Waals surface area contributed by atoms with Crippen molar-refractivity contribution in [1.82, 2.24) is 0 Å². The molecule has 0 saturated carbocycles.